The average Bonchev–Trinajstić information content (AvgIpc) is 3.02. The summed E-state index contributed by atoms with van der Waals surface area (Å²) in [7, 11) is 0. The Kier molecular flexibility index (Phi) is 12.6. The van der Waals surface area contributed by atoms with E-state index in [1.54, 1.807) is 0 Å². The molecule has 214 valence electrons. The van der Waals surface area contributed by atoms with Gasteiger partial charge in [-0.3, -0.25) is 0 Å². The Morgan fingerprint density at radius 3 is 2.38 bits per heavy atom. The Bertz CT molecular complexity index is 1200. The van der Waals surface area contributed by atoms with Crippen molar-refractivity contribution in [1.29, 1.82) is 5.41 Å². The van der Waals surface area contributed by atoms with E-state index < -0.39 is 0 Å². The second kappa shape index (κ2) is 16.1. The fraction of sp³-hybridized carbons (Fsp3) is 0.486. The van der Waals surface area contributed by atoms with Crippen molar-refractivity contribution in [3.63, 3.8) is 0 Å². The molecule has 40 heavy (non-hydrogen) atoms. The highest BCUT2D eigenvalue weighted by Gasteiger charge is 2.28. The van der Waals surface area contributed by atoms with E-state index in [4.69, 9.17) is 11.1 Å². The highest BCUT2D eigenvalue weighted by atomic mass is 15.1. The van der Waals surface area contributed by atoms with Gasteiger partial charge in [0.25, 0.3) is 0 Å². The molecule has 0 aromatic heterocycles. The van der Waals surface area contributed by atoms with E-state index in [1.165, 1.54) is 98.3 Å². The summed E-state index contributed by atoms with van der Waals surface area (Å²) in [6.45, 7) is 14.2. The van der Waals surface area contributed by atoms with Gasteiger partial charge in [-0.25, -0.2) is 0 Å². The molecule has 2 fully saturated rings. The fourth-order valence-electron chi connectivity index (χ4n) is 6.37. The third-order valence-electron chi connectivity index (χ3n) is 8.77. The largest absolute Gasteiger partial charge is 0.404 e. The maximum Gasteiger partial charge on any atom is 0.0579 e. The molecule has 4 rings (SSSR count). The third-order valence-corrected chi connectivity index (χ3v) is 8.77. The van der Waals surface area contributed by atoms with Crippen LogP contribution >= 0.6 is 0 Å². The van der Waals surface area contributed by atoms with Gasteiger partial charge in [-0.05, 0) is 105 Å². The maximum atomic E-state index is 7.45. The topological polar surface area (TPSA) is 53.1 Å². The summed E-state index contributed by atoms with van der Waals surface area (Å²) in [6.07, 6.45) is 15.2. The molecule has 0 amide bonds. The average molecular weight is 538 g/mol. The molecular formula is C37H51N3. The molecule has 0 saturated heterocycles. The van der Waals surface area contributed by atoms with Gasteiger partial charge in [0.05, 0.1) is 5.57 Å². The maximum absolute atomic E-state index is 7.45. The van der Waals surface area contributed by atoms with Crippen LogP contribution in [-0.2, 0) is 6.42 Å². The molecule has 3 nitrogen and oxygen atoms in total. The number of hydrogen-bond acceptors (Lipinski definition) is 3. The molecule has 3 N–H and O–H groups in total. The smallest absolute Gasteiger partial charge is 0.0579 e. The van der Waals surface area contributed by atoms with E-state index in [9.17, 15) is 0 Å². The van der Waals surface area contributed by atoms with Gasteiger partial charge in [0, 0.05) is 35.9 Å². The lowest BCUT2D eigenvalue weighted by molar-refractivity contribution is 0.323. The second-order valence-electron chi connectivity index (χ2n) is 11.3. The second-order valence-corrected chi connectivity index (χ2v) is 11.3. The Morgan fingerprint density at radius 1 is 1.02 bits per heavy atom. The van der Waals surface area contributed by atoms with Crippen molar-refractivity contribution < 1.29 is 0 Å². The minimum atomic E-state index is 0.523. The quantitative estimate of drug-likeness (QED) is 0.260. The predicted molar refractivity (Wildman–Crippen MR) is 174 cm³/mol. The van der Waals surface area contributed by atoms with E-state index in [1.807, 2.05) is 19.9 Å². The first kappa shape index (κ1) is 31.3. The van der Waals surface area contributed by atoms with Crippen LogP contribution in [0.25, 0.3) is 0 Å². The summed E-state index contributed by atoms with van der Waals surface area (Å²) in [6, 6.07) is 15.7. The number of allylic oxidation sites excluding steroid dienone is 2. The number of nitrogens with two attached hydrogens (primary N) is 1. The molecule has 0 bridgehead atoms. The first-order valence-electron chi connectivity index (χ1n) is 15.6. The van der Waals surface area contributed by atoms with Gasteiger partial charge in [0.1, 0.15) is 0 Å². The summed E-state index contributed by atoms with van der Waals surface area (Å²) in [5, 5.41) is 7.45. The highest BCUT2D eigenvalue weighted by Crippen LogP contribution is 2.39. The molecule has 0 spiro atoms. The lowest BCUT2D eigenvalue weighted by atomic mass is 9.77. The lowest BCUT2D eigenvalue weighted by Gasteiger charge is -2.38. The van der Waals surface area contributed by atoms with Crippen LogP contribution in [0.3, 0.4) is 0 Å². The first-order valence-corrected chi connectivity index (χ1v) is 15.6. The third kappa shape index (κ3) is 8.37. The van der Waals surface area contributed by atoms with Gasteiger partial charge < -0.3 is 16.0 Å². The van der Waals surface area contributed by atoms with Crippen molar-refractivity contribution in [3.05, 3.63) is 88.8 Å². The Hall–Kier alpha value is -3.25. The fourth-order valence-corrected chi connectivity index (χ4v) is 6.37. The van der Waals surface area contributed by atoms with E-state index >= 15 is 0 Å². The van der Waals surface area contributed by atoms with Crippen LogP contribution in [0.2, 0.25) is 0 Å². The van der Waals surface area contributed by atoms with Crippen LogP contribution in [-0.4, -0.2) is 12.8 Å². The summed E-state index contributed by atoms with van der Waals surface area (Å²) in [4.78, 5) is 2.52. The summed E-state index contributed by atoms with van der Waals surface area (Å²) in [5.41, 5.74) is 14.0. The summed E-state index contributed by atoms with van der Waals surface area (Å²) >= 11 is 0. The molecule has 0 aliphatic heterocycles. The van der Waals surface area contributed by atoms with Crippen LogP contribution < -0.4 is 10.6 Å². The zero-order valence-electron chi connectivity index (χ0n) is 25.4. The first-order chi connectivity index (χ1) is 19.5. The van der Waals surface area contributed by atoms with E-state index in [0.717, 1.165) is 18.5 Å². The van der Waals surface area contributed by atoms with Crippen molar-refractivity contribution in [2.45, 2.75) is 97.8 Å². The zero-order valence-corrected chi connectivity index (χ0v) is 25.4. The molecule has 2 aliphatic carbocycles. The number of rotatable bonds is 8. The molecule has 2 aromatic rings. The molecule has 0 heterocycles. The summed E-state index contributed by atoms with van der Waals surface area (Å²) in [5.74, 6) is 8.12. The van der Waals surface area contributed by atoms with E-state index in [0.29, 0.717) is 23.3 Å². The number of benzene rings is 2. The minimum absolute atomic E-state index is 0.523. The molecule has 2 saturated carbocycles. The molecule has 0 unspecified atom stereocenters. The normalized spacial score (nSPS) is 19.4. The number of anilines is 1. The van der Waals surface area contributed by atoms with Gasteiger partial charge in [-0.2, -0.15) is 0 Å². The lowest BCUT2D eigenvalue weighted by Crippen LogP contribution is -2.33. The van der Waals surface area contributed by atoms with Crippen molar-refractivity contribution in [2.24, 2.45) is 17.6 Å². The molecule has 2 aromatic carbocycles. The number of aryl methyl sites for hydroxylation is 2. The van der Waals surface area contributed by atoms with E-state index in [-0.39, 0.29) is 0 Å². The van der Waals surface area contributed by atoms with Gasteiger partial charge >= 0.3 is 0 Å². The predicted octanol–water partition coefficient (Wildman–Crippen LogP) is 9.30. The van der Waals surface area contributed by atoms with Gasteiger partial charge in [-0.1, -0.05) is 82.7 Å². The molecular weight excluding hydrogens is 486 g/mol. The van der Waals surface area contributed by atoms with Gasteiger partial charge in [0.15, 0.2) is 0 Å². The van der Waals surface area contributed by atoms with Crippen molar-refractivity contribution in [3.8, 4) is 11.8 Å². The number of nitrogens with zero attached hydrogens (tertiary/aromatic N) is 1. The Labute approximate surface area is 244 Å². The molecule has 3 heteroatoms. The van der Waals surface area contributed by atoms with Gasteiger partial charge in [-0.15, -0.1) is 0 Å². The molecule has 2 aliphatic rings. The van der Waals surface area contributed by atoms with E-state index in [2.05, 4.69) is 73.6 Å². The number of nitrogens with one attached hydrogen (secondary N) is 1. The molecule has 0 atom stereocenters. The highest BCUT2D eigenvalue weighted by molar-refractivity contribution is 5.82. The van der Waals surface area contributed by atoms with Crippen LogP contribution in [0.1, 0.15) is 107 Å². The van der Waals surface area contributed by atoms with Gasteiger partial charge in [0.2, 0.25) is 0 Å². The molecule has 0 radical (unpaired) electrons. The Morgan fingerprint density at radius 2 is 1.75 bits per heavy atom. The van der Waals surface area contributed by atoms with Crippen LogP contribution in [0.15, 0.2) is 66.5 Å². The SMILES string of the molecule is C=C(C1CCCCC1)N(CC1CCC(c2ccc(CC)c(C)c2)CC1)c1cccc(C#C/C(C=N)=C/N)c1.CC. The van der Waals surface area contributed by atoms with Crippen molar-refractivity contribution in [2.75, 3.05) is 11.4 Å². The minimum Gasteiger partial charge on any atom is -0.404 e. The Balaban J connectivity index is 0.00000216. The number of hydrogen-bond donors (Lipinski definition) is 2. The van der Waals surface area contributed by atoms with Crippen LogP contribution in [0, 0.1) is 36.0 Å². The van der Waals surface area contributed by atoms with Crippen LogP contribution in [0.5, 0.6) is 0 Å². The monoisotopic (exact) mass is 537 g/mol. The zero-order chi connectivity index (χ0) is 28.9. The van der Waals surface area contributed by atoms with Crippen molar-refractivity contribution in [1.82, 2.24) is 0 Å². The van der Waals surface area contributed by atoms with Crippen LogP contribution in [0.4, 0.5) is 5.69 Å². The standard InChI is InChI=1S/C35H45N3.C2H6/c1-4-31-19-20-34(21-26(31)2)33-17-15-29(16-18-33)25-38(27(3)32-10-6-5-7-11-32)35-12-8-9-28(22-35)13-14-30(23-36)24-37;1-2/h8-9,12,19-24,29,32-33,36H,3-7,10-11,15-18,25,37H2,1-2H3;1-2H3/b30-24-,36-23?;. The van der Waals surface area contributed by atoms with Crippen molar-refractivity contribution >= 4 is 11.9 Å². The summed E-state index contributed by atoms with van der Waals surface area (Å²) < 4.78 is 0.